The van der Waals surface area contributed by atoms with Crippen molar-refractivity contribution >= 4 is 35.0 Å². The molecular formula is C22H38MgO4. The van der Waals surface area contributed by atoms with Crippen LogP contribution in [0, 0.1) is 0 Å². The molecule has 4 nitrogen and oxygen atoms in total. The topological polar surface area (TPSA) is 63.6 Å². The summed E-state index contributed by atoms with van der Waals surface area (Å²) in [6, 6.07) is 0. The molecule has 0 atom stereocenters. The molecule has 0 aromatic heterocycles. The Morgan fingerprint density at radius 3 is 2.00 bits per heavy atom. The summed E-state index contributed by atoms with van der Waals surface area (Å²) < 4.78 is 4.79. The normalized spacial score (nSPS) is 11.7. The standard InChI is InChI=1S/C22H36O4.Mg.2H/c1-3-4-5-6-7-8-9-10-11-12-13-14-15-16-17-18-21(23)26-19-20(2)22(24)25;;;/h7-8,10-11,19H,3-6,9,12-18H2,1-2H3,(H,24,25);;;/b8-7-,11-10-,20-19?;;;. The van der Waals surface area contributed by atoms with Gasteiger partial charge in [0.05, 0.1) is 5.57 Å². The van der Waals surface area contributed by atoms with Crippen molar-refractivity contribution in [2.24, 2.45) is 0 Å². The molecule has 0 saturated heterocycles. The lowest BCUT2D eigenvalue weighted by Crippen LogP contribution is -2.02. The fraction of sp³-hybridized carbons (Fsp3) is 0.636. The molecule has 0 rings (SSSR count). The molecule has 0 saturated carbocycles. The van der Waals surface area contributed by atoms with Crippen molar-refractivity contribution in [1.82, 2.24) is 0 Å². The van der Waals surface area contributed by atoms with Gasteiger partial charge in [0, 0.05) is 6.42 Å². The van der Waals surface area contributed by atoms with Crippen molar-refractivity contribution < 1.29 is 19.4 Å². The Morgan fingerprint density at radius 1 is 0.852 bits per heavy atom. The third kappa shape index (κ3) is 21.1. The zero-order valence-electron chi connectivity index (χ0n) is 16.5. The smallest absolute Gasteiger partial charge is 0.334 e. The van der Waals surface area contributed by atoms with Crippen molar-refractivity contribution in [2.75, 3.05) is 0 Å². The van der Waals surface area contributed by atoms with Gasteiger partial charge in [-0.25, -0.2) is 4.79 Å². The van der Waals surface area contributed by atoms with E-state index in [4.69, 9.17) is 9.84 Å². The number of esters is 1. The minimum Gasteiger partial charge on any atom is -0.478 e. The first-order valence-corrected chi connectivity index (χ1v) is 9.97. The number of ether oxygens (including phenoxy) is 1. The number of carbonyl (C=O) groups is 2. The third-order valence-corrected chi connectivity index (χ3v) is 4.04. The number of hydrogen-bond donors (Lipinski definition) is 1. The van der Waals surface area contributed by atoms with Crippen LogP contribution in [-0.2, 0) is 14.3 Å². The van der Waals surface area contributed by atoms with Crippen molar-refractivity contribution in [3.63, 3.8) is 0 Å². The van der Waals surface area contributed by atoms with E-state index in [9.17, 15) is 9.59 Å². The van der Waals surface area contributed by atoms with Crippen LogP contribution in [0.5, 0.6) is 0 Å². The van der Waals surface area contributed by atoms with Crippen LogP contribution in [0.1, 0.15) is 90.9 Å². The number of hydrogen-bond acceptors (Lipinski definition) is 3. The van der Waals surface area contributed by atoms with Gasteiger partial charge in [0.1, 0.15) is 6.26 Å². The molecule has 0 radical (unpaired) electrons. The molecule has 0 aliphatic heterocycles. The van der Waals surface area contributed by atoms with Crippen LogP contribution in [0.2, 0.25) is 0 Å². The number of aliphatic carboxylic acids is 1. The second kappa shape index (κ2) is 21.2. The van der Waals surface area contributed by atoms with Crippen LogP contribution in [0.25, 0.3) is 0 Å². The number of unbranched alkanes of at least 4 members (excludes halogenated alkanes) is 8. The maximum Gasteiger partial charge on any atom is 0.334 e. The molecule has 152 valence electrons. The van der Waals surface area contributed by atoms with Crippen LogP contribution in [0.15, 0.2) is 36.1 Å². The van der Waals surface area contributed by atoms with Gasteiger partial charge in [0.25, 0.3) is 0 Å². The monoisotopic (exact) mass is 390 g/mol. The largest absolute Gasteiger partial charge is 0.478 e. The average Bonchev–Trinajstić information content (AvgIpc) is 2.62. The van der Waals surface area contributed by atoms with E-state index in [1.54, 1.807) is 0 Å². The Kier molecular flexibility index (Phi) is 22.1. The van der Waals surface area contributed by atoms with E-state index in [0.29, 0.717) is 6.42 Å². The predicted molar refractivity (Wildman–Crippen MR) is 115 cm³/mol. The summed E-state index contributed by atoms with van der Waals surface area (Å²) >= 11 is 0. The van der Waals surface area contributed by atoms with Gasteiger partial charge in [-0.2, -0.15) is 0 Å². The molecule has 0 fully saturated rings. The molecule has 0 unspecified atom stereocenters. The summed E-state index contributed by atoms with van der Waals surface area (Å²) in [5.74, 6) is -1.44. The molecule has 1 N–H and O–H groups in total. The maximum atomic E-state index is 11.4. The van der Waals surface area contributed by atoms with E-state index in [1.165, 1.54) is 45.4 Å². The van der Waals surface area contributed by atoms with Crippen LogP contribution in [0.3, 0.4) is 0 Å². The molecule has 0 bridgehead atoms. The van der Waals surface area contributed by atoms with Gasteiger partial charge in [-0.3, -0.25) is 4.79 Å². The van der Waals surface area contributed by atoms with Gasteiger partial charge in [-0.1, -0.05) is 63.3 Å². The first kappa shape index (κ1) is 28.1. The number of allylic oxidation sites excluding steroid dienone is 4. The first-order chi connectivity index (χ1) is 12.6. The molecule has 0 amide bonds. The quantitative estimate of drug-likeness (QED) is 0.0954. The van der Waals surface area contributed by atoms with E-state index in [1.807, 2.05) is 0 Å². The van der Waals surface area contributed by atoms with Gasteiger partial charge >= 0.3 is 35.0 Å². The highest BCUT2D eigenvalue weighted by atomic mass is 24.3. The lowest BCUT2D eigenvalue weighted by Gasteiger charge is -2.01. The Morgan fingerprint density at radius 2 is 1.41 bits per heavy atom. The average molecular weight is 391 g/mol. The van der Waals surface area contributed by atoms with Gasteiger partial charge in [0.2, 0.25) is 0 Å². The number of rotatable bonds is 16. The van der Waals surface area contributed by atoms with E-state index in [-0.39, 0.29) is 34.6 Å². The van der Waals surface area contributed by atoms with Crippen LogP contribution in [-0.4, -0.2) is 40.1 Å². The minimum atomic E-state index is -1.07. The van der Waals surface area contributed by atoms with Crippen LogP contribution < -0.4 is 0 Å². The van der Waals surface area contributed by atoms with Crippen molar-refractivity contribution in [2.45, 2.75) is 90.9 Å². The molecule has 0 heterocycles. The zero-order valence-corrected chi connectivity index (χ0v) is 16.5. The molecule has 0 aliphatic rings. The second-order valence-electron chi connectivity index (χ2n) is 6.58. The predicted octanol–water partition coefficient (Wildman–Crippen LogP) is 5.42. The van der Waals surface area contributed by atoms with Gasteiger partial charge < -0.3 is 9.84 Å². The van der Waals surface area contributed by atoms with Gasteiger partial charge in [-0.15, -0.1) is 0 Å². The number of carboxylic acid groups (broad SMARTS) is 1. The SMILES string of the molecule is CCCCC/C=C\C/C=C\CCCCCCCC(=O)OC=C(C)C(=O)O.[MgH2]. The van der Waals surface area contributed by atoms with E-state index in [2.05, 4.69) is 31.2 Å². The van der Waals surface area contributed by atoms with Crippen LogP contribution in [0.4, 0.5) is 0 Å². The number of carboxylic acids is 1. The summed E-state index contributed by atoms with van der Waals surface area (Å²) in [6.45, 7) is 3.62. The second-order valence-corrected chi connectivity index (χ2v) is 6.58. The fourth-order valence-electron chi connectivity index (χ4n) is 2.34. The van der Waals surface area contributed by atoms with E-state index < -0.39 is 5.97 Å². The summed E-state index contributed by atoms with van der Waals surface area (Å²) in [6.07, 6.45) is 22.9. The van der Waals surface area contributed by atoms with Crippen LogP contribution >= 0.6 is 0 Å². The highest BCUT2D eigenvalue weighted by Gasteiger charge is 2.04. The molecule has 27 heavy (non-hydrogen) atoms. The fourth-order valence-corrected chi connectivity index (χ4v) is 2.34. The van der Waals surface area contributed by atoms with Gasteiger partial charge in [0.15, 0.2) is 0 Å². The molecule has 0 spiro atoms. The first-order valence-electron chi connectivity index (χ1n) is 9.97. The molecule has 0 aromatic rings. The number of carbonyl (C=O) groups excluding carboxylic acids is 1. The highest BCUT2D eigenvalue weighted by Crippen LogP contribution is 2.09. The van der Waals surface area contributed by atoms with Crippen molar-refractivity contribution in [3.05, 3.63) is 36.1 Å². The molecule has 0 aromatic carbocycles. The maximum absolute atomic E-state index is 11.4. The lowest BCUT2D eigenvalue weighted by molar-refractivity contribution is -0.138. The Balaban J connectivity index is 0. The molecule has 5 heteroatoms. The summed E-state index contributed by atoms with van der Waals surface area (Å²) in [5, 5.41) is 8.64. The Labute approximate surface area is 181 Å². The minimum absolute atomic E-state index is 0. The van der Waals surface area contributed by atoms with Crippen molar-refractivity contribution in [3.8, 4) is 0 Å². The van der Waals surface area contributed by atoms with Crippen molar-refractivity contribution in [1.29, 1.82) is 0 Å². The Bertz CT molecular complexity index is 467. The Hall–Kier alpha value is -1.07. The van der Waals surface area contributed by atoms with E-state index >= 15 is 0 Å². The third-order valence-electron chi connectivity index (χ3n) is 4.04. The summed E-state index contributed by atoms with van der Waals surface area (Å²) in [7, 11) is 0. The van der Waals surface area contributed by atoms with E-state index in [0.717, 1.165) is 38.4 Å². The zero-order chi connectivity index (χ0) is 19.5. The summed E-state index contributed by atoms with van der Waals surface area (Å²) in [4.78, 5) is 22.0. The lowest BCUT2D eigenvalue weighted by atomic mass is 10.1. The molecular weight excluding hydrogens is 353 g/mol. The summed E-state index contributed by atoms with van der Waals surface area (Å²) in [5.41, 5.74) is 0.0263. The molecule has 0 aliphatic carbocycles. The van der Waals surface area contributed by atoms with Gasteiger partial charge in [-0.05, 0) is 45.4 Å². The highest BCUT2D eigenvalue weighted by molar-refractivity contribution is 5.85.